The Morgan fingerprint density at radius 1 is 1.15 bits per heavy atom. The molecule has 0 aliphatic rings. The zero-order valence-corrected chi connectivity index (χ0v) is 14.8. The summed E-state index contributed by atoms with van der Waals surface area (Å²) >= 11 is 0. The van der Waals surface area contributed by atoms with Gasteiger partial charge in [0.05, 0.1) is 6.61 Å². The second kappa shape index (κ2) is 8.07. The van der Waals surface area contributed by atoms with Crippen molar-refractivity contribution in [1.29, 1.82) is 5.26 Å². The lowest BCUT2D eigenvalue weighted by atomic mass is 10.0. The van der Waals surface area contributed by atoms with Gasteiger partial charge in [-0.05, 0) is 54.1 Å². The molecule has 0 heterocycles. The quantitative estimate of drug-likeness (QED) is 0.520. The van der Waals surface area contributed by atoms with E-state index in [1.54, 1.807) is 36.4 Å². The first-order valence-electron chi connectivity index (χ1n) is 8.49. The number of phenolic OH excluding ortho intramolecular Hbond substituents is 1. The number of nitriles is 1. The van der Waals surface area contributed by atoms with Crippen LogP contribution in [0.3, 0.4) is 0 Å². The van der Waals surface area contributed by atoms with Crippen LogP contribution < -0.4 is 10.1 Å². The van der Waals surface area contributed by atoms with Crippen molar-refractivity contribution in [2.24, 2.45) is 0 Å². The van der Waals surface area contributed by atoms with Gasteiger partial charge in [0.25, 0.3) is 5.91 Å². The summed E-state index contributed by atoms with van der Waals surface area (Å²) < 4.78 is 5.36. The smallest absolute Gasteiger partial charge is 0.266 e. The minimum Gasteiger partial charge on any atom is -0.507 e. The normalized spacial score (nSPS) is 11.0. The van der Waals surface area contributed by atoms with E-state index in [0.717, 1.165) is 10.8 Å². The minimum atomic E-state index is -0.547. The summed E-state index contributed by atoms with van der Waals surface area (Å²) in [4.78, 5) is 12.5. The average molecular weight is 358 g/mol. The molecular weight excluding hydrogens is 340 g/mol. The van der Waals surface area contributed by atoms with Crippen molar-refractivity contribution in [2.75, 3.05) is 11.9 Å². The third-order valence-electron chi connectivity index (χ3n) is 4.02. The fourth-order valence-corrected chi connectivity index (χ4v) is 2.73. The van der Waals surface area contributed by atoms with Gasteiger partial charge in [-0.2, -0.15) is 5.26 Å². The maximum atomic E-state index is 12.5. The van der Waals surface area contributed by atoms with Gasteiger partial charge in [0.2, 0.25) is 0 Å². The van der Waals surface area contributed by atoms with Gasteiger partial charge in [0.15, 0.2) is 0 Å². The second-order valence-corrected chi connectivity index (χ2v) is 5.80. The number of carbonyl (C=O) groups excluding carboxylic acids is 1. The van der Waals surface area contributed by atoms with E-state index in [1.165, 1.54) is 6.08 Å². The van der Waals surface area contributed by atoms with Crippen molar-refractivity contribution >= 4 is 28.4 Å². The van der Waals surface area contributed by atoms with Gasteiger partial charge in [-0.15, -0.1) is 0 Å². The first-order chi connectivity index (χ1) is 13.1. The van der Waals surface area contributed by atoms with Crippen molar-refractivity contribution in [3.05, 3.63) is 71.8 Å². The van der Waals surface area contributed by atoms with Gasteiger partial charge >= 0.3 is 0 Å². The van der Waals surface area contributed by atoms with E-state index in [4.69, 9.17) is 4.74 Å². The fourth-order valence-electron chi connectivity index (χ4n) is 2.73. The number of hydrogen-bond donors (Lipinski definition) is 2. The zero-order valence-electron chi connectivity index (χ0n) is 14.8. The third kappa shape index (κ3) is 4.07. The number of aromatic hydroxyl groups is 1. The van der Waals surface area contributed by atoms with Gasteiger partial charge in [0, 0.05) is 11.3 Å². The highest BCUT2D eigenvalue weighted by atomic mass is 16.5. The molecule has 0 aromatic heterocycles. The van der Waals surface area contributed by atoms with Crippen LogP contribution in [0.1, 0.15) is 12.5 Å². The Hall–Kier alpha value is -3.78. The summed E-state index contributed by atoms with van der Waals surface area (Å²) in [7, 11) is 0. The Balaban J connectivity index is 1.90. The molecule has 1 amide bonds. The van der Waals surface area contributed by atoms with Gasteiger partial charge in [-0.1, -0.05) is 30.3 Å². The molecule has 0 spiro atoms. The summed E-state index contributed by atoms with van der Waals surface area (Å²) in [5, 5.41) is 24.0. The molecule has 5 nitrogen and oxygen atoms in total. The lowest BCUT2D eigenvalue weighted by Crippen LogP contribution is -2.13. The Morgan fingerprint density at radius 2 is 1.89 bits per heavy atom. The van der Waals surface area contributed by atoms with Gasteiger partial charge in [-0.3, -0.25) is 4.79 Å². The largest absolute Gasteiger partial charge is 0.507 e. The summed E-state index contributed by atoms with van der Waals surface area (Å²) in [6.45, 7) is 2.45. The highest BCUT2D eigenvalue weighted by Crippen LogP contribution is 2.29. The van der Waals surface area contributed by atoms with Gasteiger partial charge < -0.3 is 15.2 Å². The number of rotatable bonds is 5. The lowest BCUT2D eigenvalue weighted by Gasteiger charge is -2.08. The second-order valence-electron chi connectivity index (χ2n) is 5.80. The number of fused-ring (bicyclic) bond motifs is 1. The molecule has 0 fully saturated rings. The van der Waals surface area contributed by atoms with Crippen molar-refractivity contribution in [1.82, 2.24) is 0 Å². The van der Waals surface area contributed by atoms with Crippen LogP contribution in [0.5, 0.6) is 11.5 Å². The van der Waals surface area contributed by atoms with Crippen LogP contribution in [0, 0.1) is 11.3 Å². The van der Waals surface area contributed by atoms with E-state index >= 15 is 0 Å². The lowest BCUT2D eigenvalue weighted by molar-refractivity contribution is -0.112. The molecule has 0 aliphatic carbocycles. The number of phenols is 1. The number of anilines is 1. The monoisotopic (exact) mass is 358 g/mol. The van der Waals surface area contributed by atoms with Crippen molar-refractivity contribution < 1.29 is 14.6 Å². The number of nitrogens with one attached hydrogen (secondary N) is 1. The predicted octanol–water partition coefficient (Wildman–Crippen LogP) is 4.49. The maximum absolute atomic E-state index is 12.5. The molecule has 0 aliphatic heterocycles. The molecule has 134 valence electrons. The summed E-state index contributed by atoms with van der Waals surface area (Å²) in [5.41, 5.74) is 0.883. The van der Waals surface area contributed by atoms with Crippen molar-refractivity contribution in [3.63, 3.8) is 0 Å². The minimum absolute atomic E-state index is 0.00955. The van der Waals surface area contributed by atoms with Crippen LogP contribution in [-0.2, 0) is 4.79 Å². The van der Waals surface area contributed by atoms with E-state index in [-0.39, 0.29) is 11.3 Å². The average Bonchev–Trinajstić information content (AvgIpc) is 2.69. The standard InChI is InChI=1S/C22H18N2O3/c1-2-27-18-10-8-17(9-11-18)24-22(26)16(14-23)13-20-19-6-4-3-5-15(19)7-12-21(20)25/h3-13,25H,2H2,1H3,(H,24,26)/b16-13+. The van der Waals surface area contributed by atoms with Crippen molar-refractivity contribution in [2.45, 2.75) is 6.92 Å². The van der Waals surface area contributed by atoms with Crippen LogP contribution in [0.25, 0.3) is 16.8 Å². The Kier molecular flexibility index (Phi) is 5.38. The number of benzene rings is 3. The molecular formula is C22H18N2O3. The summed E-state index contributed by atoms with van der Waals surface area (Å²) in [5.74, 6) is 0.163. The van der Waals surface area contributed by atoms with Gasteiger partial charge in [-0.25, -0.2) is 0 Å². The molecule has 5 heteroatoms. The zero-order chi connectivity index (χ0) is 19.2. The third-order valence-corrected chi connectivity index (χ3v) is 4.02. The van der Waals surface area contributed by atoms with E-state index in [1.807, 2.05) is 37.3 Å². The molecule has 0 saturated heterocycles. The highest BCUT2D eigenvalue weighted by Gasteiger charge is 2.13. The SMILES string of the molecule is CCOc1ccc(NC(=O)/C(C#N)=C/c2c(O)ccc3ccccc23)cc1. The summed E-state index contributed by atoms with van der Waals surface area (Å²) in [6.07, 6.45) is 1.40. The molecule has 0 bridgehead atoms. The van der Waals surface area contributed by atoms with Crippen LogP contribution in [0.4, 0.5) is 5.69 Å². The van der Waals surface area contributed by atoms with E-state index < -0.39 is 5.91 Å². The predicted molar refractivity (Wildman–Crippen MR) is 105 cm³/mol. The molecule has 3 aromatic carbocycles. The Bertz CT molecular complexity index is 1050. The molecule has 27 heavy (non-hydrogen) atoms. The molecule has 0 unspecified atom stereocenters. The molecule has 3 aromatic rings. The molecule has 0 saturated carbocycles. The number of nitrogens with zero attached hydrogens (tertiary/aromatic N) is 1. The number of hydrogen-bond acceptors (Lipinski definition) is 4. The number of carbonyl (C=O) groups is 1. The van der Waals surface area contributed by atoms with Gasteiger partial charge in [0.1, 0.15) is 23.1 Å². The molecule has 0 atom stereocenters. The molecule has 3 rings (SSSR count). The molecule has 2 N–H and O–H groups in total. The first kappa shape index (κ1) is 18.0. The first-order valence-corrected chi connectivity index (χ1v) is 8.49. The van der Waals surface area contributed by atoms with Crippen LogP contribution in [0.15, 0.2) is 66.2 Å². The topological polar surface area (TPSA) is 82.3 Å². The van der Waals surface area contributed by atoms with E-state index in [2.05, 4.69) is 5.32 Å². The van der Waals surface area contributed by atoms with E-state index in [9.17, 15) is 15.2 Å². The Morgan fingerprint density at radius 3 is 2.59 bits per heavy atom. The van der Waals surface area contributed by atoms with E-state index in [0.29, 0.717) is 23.6 Å². The Labute approximate surface area is 157 Å². The number of amides is 1. The van der Waals surface area contributed by atoms with Crippen LogP contribution in [0.2, 0.25) is 0 Å². The number of ether oxygens (including phenoxy) is 1. The molecule has 0 radical (unpaired) electrons. The maximum Gasteiger partial charge on any atom is 0.266 e. The van der Waals surface area contributed by atoms with Crippen LogP contribution >= 0.6 is 0 Å². The van der Waals surface area contributed by atoms with Crippen molar-refractivity contribution in [3.8, 4) is 17.6 Å². The highest BCUT2D eigenvalue weighted by molar-refractivity contribution is 6.11. The van der Waals surface area contributed by atoms with Crippen LogP contribution in [-0.4, -0.2) is 17.6 Å². The fraction of sp³-hybridized carbons (Fsp3) is 0.0909. The summed E-state index contributed by atoms with van der Waals surface area (Å²) in [6, 6.07) is 19.6.